The molecule has 1 aromatic carbocycles. The Labute approximate surface area is 141 Å². The summed E-state index contributed by atoms with van der Waals surface area (Å²) in [5.74, 6) is 0.605. The molecule has 1 aromatic rings. The third-order valence-electron chi connectivity index (χ3n) is 4.42. The zero-order chi connectivity index (χ0) is 18.3. The van der Waals surface area contributed by atoms with Crippen molar-refractivity contribution in [3.05, 3.63) is 23.8 Å². The Morgan fingerprint density at radius 1 is 1.08 bits per heavy atom. The molecule has 3 nitrogen and oxygen atoms in total. The molecule has 0 aliphatic carbocycles. The fourth-order valence-corrected chi connectivity index (χ4v) is 2.27. The highest BCUT2D eigenvalue weighted by Gasteiger charge is 2.52. The number of ether oxygens (including phenoxy) is 1. The van der Waals surface area contributed by atoms with E-state index >= 15 is 0 Å². The molecule has 0 unspecified atom stereocenters. The van der Waals surface area contributed by atoms with Crippen molar-refractivity contribution in [3.63, 3.8) is 0 Å². The van der Waals surface area contributed by atoms with E-state index in [1.165, 1.54) is 6.07 Å². The first-order chi connectivity index (χ1) is 10.8. The van der Waals surface area contributed by atoms with E-state index in [2.05, 4.69) is 0 Å². The topological polar surface area (TPSA) is 27.7 Å². The van der Waals surface area contributed by atoms with Crippen LogP contribution in [0.1, 0.15) is 47.1 Å². The Bertz CT molecular complexity index is 581. The van der Waals surface area contributed by atoms with Crippen LogP contribution >= 0.6 is 0 Å². The van der Waals surface area contributed by atoms with Gasteiger partial charge in [-0.3, -0.25) is 0 Å². The van der Waals surface area contributed by atoms with E-state index in [9.17, 15) is 13.2 Å². The predicted octanol–water partition coefficient (Wildman–Crippen LogP) is 4.04. The van der Waals surface area contributed by atoms with E-state index in [0.29, 0.717) is 12.4 Å². The zero-order valence-electron chi connectivity index (χ0n) is 15.0. The van der Waals surface area contributed by atoms with Gasteiger partial charge in [0.25, 0.3) is 0 Å². The number of hydrogen-bond donors (Lipinski definition) is 0. The van der Waals surface area contributed by atoms with Crippen LogP contribution in [-0.2, 0) is 15.5 Å². The lowest BCUT2D eigenvalue weighted by molar-refractivity contribution is -0.137. The van der Waals surface area contributed by atoms with Crippen LogP contribution in [0.2, 0.25) is 0 Å². The van der Waals surface area contributed by atoms with Crippen molar-refractivity contribution in [1.29, 1.82) is 0 Å². The van der Waals surface area contributed by atoms with E-state index in [1.54, 1.807) is 0 Å². The molecule has 0 amide bonds. The van der Waals surface area contributed by atoms with Crippen molar-refractivity contribution >= 4 is 12.6 Å². The van der Waals surface area contributed by atoms with E-state index in [-0.39, 0.29) is 11.4 Å². The summed E-state index contributed by atoms with van der Waals surface area (Å²) in [6.07, 6.45) is -4.44. The summed E-state index contributed by atoms with van der Waals surface area (Å²) in [5.41, 5.74) is -1.75. The second-order valence-electron chi connectivity index (χ2n) is 7.54. The van der Waals surface area contributed by atoms with E-state index < -0.39 is 30.1 Å². The molecule has 0 N–H and O–H groups in total. The van der Waals surface area contributed by atoms with Gasteiger partial charge in [-0.15, -0.1) is 0 Å². The van der Waals surface area contributed by atoms with Crippen molar-refractivity contribution in [1.82, 2.24) is 0 Å². The lowest BCUT2D eigenvalue weighted by atomic mass is 9.77. The molecule has 1 fully saturated rings. The molecule has 1 aliphatic heterocycles. The second kappa shape index (κ2) is 6.26. The molecule has 2 rings (SSSR count). The van der Waals surface area contributed by atoms with Gasteiger partial charge in [-0.1, -0.05) is 13.8 Å². The van der Waals surface area contributed by atoms with Crippen LogP contribution < -0.4 is 10.2 Å². The molecule has 24 heavy (non-hydrogen) atoms. The third-order valence-corrected chi connectivity index (χ3v) is 4.42. The van der Waals surface area contributed by atoms with Crippen molar-refractivity contribution in [2.75, 3.05) is 6.61 Å². The molecule has 1 aliphatic rings. The van der Waals surface area contributed by atoms with E-state index in [0.717, 1.165) is 12.1 Å². The fraction of sp³-hybridized carbons (Fsp3) is 0.647. The van der Waals surface area contributed by atoms with Gasteiger partial charge >= 0.3 is 13.3 Å². The summed E-state index contributed by atoms with van der Waals surface area (Å²) < 4.78 is 56.7. The van der Waals surface area contributed by atoms with Gasteiger partial charge in [0, 0.05) is 5.46 Å². The van der Waals surface area contributed by atoms with Crippen molar-refractivity contribution < 1.29 is 27.2 Å². The Kier molecular flexibility index (Phi) is 4.99. The Morgan fingerprint density at radius 2 is 1.62 bits per heavy atom. The monoisotopic (exact) mass is 344 g/mol. The van der Waals surface area contributed by atoms with E-state index in [4.69, 9.17) is 14.0 Å². The summed E-state index contributed by atoms with van der Waals surface area (Å²) >= 11 is 0. The van der Waals surface area contributed by atoms with E-state index in [1.807, 2.05) is 41.5 Å². The van der Waals surface area contributed by atoms with Crippen molar-refractivity contribution in [3.8, 4) is 5.75 Å². The molecule has 1 heterocycles. The van der Waals surface area contributed by atoms with Gasteiger partial charge in [0.2, 0.25) is 0 Å². The normalized spacial score (nSPS) is 19.8. The first-order valence-corrected chi connectivity index (χ1v) is 8.03. The fourth-order valence-electron chi connectivity index (χ4n) is 2.27. The molecule has 0 saturated carbocycles. The van der Waals surface area contributed by atoms with Gasteiger partial charge in [-0.05, 0) is 51.8 Å². The number of hydrogen-bond acceptors (Lipinski definition) is 3. The number of alkyl halides is 3. The second-order valence-corrected chi connectivity index (χ2v) is 7.54. The van der Waals surface area contributed by atoms with Crippen molar-refractivity contribution in [2.24, 2.45) is 5.92 Å². The first-order valence-electron chi connectivity index (χ1n) is 8.03. The van der Waals surface area contributed by atoms with Crippen LogP contribution in [-0.4, -0.2) is 24.9 Å². The quantitative estimate of drug-likeness (QED) is 0.772. The Balaban J connectivity index is 2.41. The Hall–Kier alpha value is -1.21. The highest BCUT2D eigenvalue weighted by molar-refractivity contribution is 6.63. The van der Waals surface area contributed by atoms with Crippen LogP contribution in [0.15, 0.2) is 18.2 Å². The van der Waals surface area contributed by atoms with Gasteiger partial charge in [-0.2, -0.15) is 13.2 Å². The maximum atomic E-state index is 13.1. The van der Waals surface area contributed by atoms with Crippen LogP contribution in [0.3, 0.4) is 0 Å². The summed E-state index contributed by atoms with van der Waals surface area (Å²) in [6, 6.07) is 3.41. The molecule has 0 spiro atoms. The molecular weight excluding hydrogens is 320 g/mol. The minimum atomic E-state index is -4.44. The Morgan fingerprint density at radius 3 is 2.08 bits per heavy atom. The maximum Gasteiger partial charge on any atom is 0.498 e. The van der Waals surface area contributed by atoms with Crippen LogP contribution in [0.25, 0.3) is 0 Å². The largest absolute Gasteiger partial charge is 0.498 e. The molecule has 134 valence electrons. The standard InChI is InChI=1S/C17H24BF3O3/c1-11(2)10-22-14-8-7-12(17(19,20)21)9-13(14)18-23-15(3,4)16(5,6)24-18/h7-9,11H,10H2,1-6H3. The van der Waals surface area contributed by atoms with Gasteiger partial charge in [-0.25, -0.2) is 0 Å². The summed E-state index contributed by atoms with van der Waals surface area (Å²) in [6.45, 7) is 11.8. The van der Waals surface area contributed by atoms with Gasteiger partial charge in [0.05, 0.1) is 23.4 Å². The maximum absolute atomic E-state index is 13.1. The van der Waals surface area contributed by atoms with Gasteiger partial charge in [0.1, 0.15) is 5.75 Å². The lowest BCUT2D eigenvalue weighted by Crippen LogP contribution is -2.41. The minimum Gasteiger partial charge on any atom is -0.494 e. The molecule has 7 heteroatoms. The van der Waals surface area contributed by atoms with Gasteiger partial charge in [0.15, 0.2) is 0 Å². The summed E-state index contributed by atoms with van der Waals surface area (Å²) in [5, 5.41) is 0. The smallest absolute Gasteiger partial charge is 0.494 e. The average molecular weight is 344 g/mol. The lowest BCUT2D eigenvalue weighted by Gasteiger charge is -2.32. The predicted molar refractivity (Wildman–Crippen MR) is 87.5 cm³/mol. The van der Waals surface area contributed by atoms with Crippen LogP contribution in [0.5, 0.6) is 5.75 Å². The third kappa shape index (κ3) is 3.89. The molecular formula is C17H24BF3O3. The highest BCUT2D eigenvalue weighted by Crippen LogP contribution is 2.38. The number of benzene rings is 1. The first kappa shape index (κ1) is 19.1. The average Bonchev–Trinajstić information content (AvgIpc) is 2.63. The van der Waals surface area contributed by atoms with Crippen LogP contribution in [0.4, 0.5) is 13.2 Å². The number of rotatable bonds is 4. The molecule has 0 atom stereocenters. The minimum absolute atomic E-state index is 0.249. The summed E-state index contributed by atoms with van der Waals surface area (Å²) in [7, 11) is -0.903. The summed E-state index contributed by atoms with van der Waals surface area (Å²) in [4.78, 5) is 0. The van der Waals surface area contributed by atoms with Gasteiger partial charge < -0.3 is 14.0 Å². The highest BCUT2D eigenvalue weighted by atomic mass is 19.4. The zero-order valence-corrected chi connectivity index (χ0v) is 15.0. The molecule has 0 radical (unpaired) electrons. The molecule has 0 aromatic heterocycles. The molecule has 0 bridgehead atoms. The van der Waals surface area contributed by atoms with Crippen molar-refractivity contribution in [2.45, 2.75) is 58.9 Å². The number of halogens is 3. The molecule has 1 saturated heterocycles. The van der Waals surface area contributed by atoms with Crippen LogP contribution in [0, 0.1) is 5.92 Å². The SMILES string of the molecule is CC(C)COc1ccc(C(F)(F)F)cc1B1OC(C)(C)C(C)(C)O1.